The van der Waals surface area contributed by atoms with Gasteiger partial charge in [-0.3, -0.25) is 4.79 Å². The Morgan fingerprint density at radius 1 is 1.47 bits per heavy atom. The number of carbonyl (C=O) groups excluding carboxylic acids is 1. The third kappa shape index (κ3) is 2.87. The van der Waals surface area contributed by atoms with Gasteiger partial charge in [0, 0.05) is 10.0 Å². The maximum Gasteiger partial charge on any atom is 0.180 e. The van der Waals surface area contributed by atoms with Gasteiger partial charge in [0.25, 0.3) is 0 Å². The number of Topliss-reactive ketones (excluding diaryl/α,β-unsaturated/α-hetero) is 1. The summed E-state index contributed by atoms with van der Waals surface area (Å²) in [5, 5.41) is 3.27. The fourth-order valence-electron chi connectivity index (χ4n) is 2.09. The van der Waals surface area contributed by atoms with Crippen molar-refractivity contribution >= 4 is 21.7 Å². The van der Waals surface area contributed by atoms with Crippen LogP contribution in [-0.2, 0) is 0 Å². The highest BCUT2D eigenvalue weighted by Gasteiger charge is 2.23. The van der Waals surface area contributed by atoms with Crippen molar-refractivity contribution < 1.29 is 9.53 Å². The number of benzene rings is 1. The summed E-state index contributed by atoms with van der Waals surface area (Å²) in [5.41, 5.74) is 0.727. The van der Waals surface area contributed by atoms with E-state index in [0.29, 0.717) is 0 Å². The summed E-state index contributed by atoms with van der Waals surface area (Å²) >= 11 is 3.43. The lowest BCUT2D eigenvalue weighted by atomic mass is 9.96. The zero-order chi connectivity index (χ0) is 12.3. The van der Waals surface area contributed by atoms with Gasteiger partial charge in [0.15, 0.2) is 5.78 Å². The van der Waals surface area contributed by atoms with Crippen LogP contribution in [-0.4, -0.2) is 25.5 Å². The molecule has 1 atom stereocenters. The highest BCUT2D eigenvalue weighted by molar-refractivity contribution is 9.10. The highest BCUT2D eigenvalue weighted by atomic mass is 79.9. The smallest absolute Gasteiger partial charge is 0.180 e. The van der Waals surface area contributed by atoms with Gasteiger partial charge in [-0.25, -0.2) is 0 Å². The van der Waals surface area contributed by atoms with Crippen LogP contribution in [0.15, 0.2) is 22.7 Å². The molecule has 1 unspecified atom stereocenters. The van der Waals surface area contributed by atoms with E-state index in [9.17, 15) is 4.79 Å². The molecule has 0 radical (unpaired) electrons. The molecule has 17 heavy (non-hydrogen) atoms. The average molecular weight is 298 g/mol. The molecule has 1 saturated heterocycles. The predicted molar refractivity (Wildman–Crippen MR) is 70.7 cm³/mol. The molecular formula is C13H16BrNO2. The Bertz CT molecular complexity index is 414. The number of rotatable bonds is 3. The van der Waals surface area contributed by atoms with E-state index in [2.05, 4.69) is 21.2 Å². The van der Waals surface area contributed by atoms with Crippen LogP contribution in [0.3, 0.4) is 0 Å². The van der Waals surface area contributed by atoms with E-state index >= 15 is 0 Å². The molecule has 1 aliphatic rings. The van der Waals surface area contributed by atoms with Crippen molar-refractivity contribution in [3.05, 3.63) is 28.2 Å². The molecule has 1 heterocycles. The molecule has 2 rings (SSSR count). The molecule has 4 heteroatoms. The molecule has 0 spiro atoms. The monoisotopic (exact) mass is 297 g/mol. The van der Waals surface area contributed by atoms with Gasteiger partial charge in [-0.15, -0.1) is 0 Å². The van der Waals surface area contributed by atoms with Gasteiger partial charge in [-0.1, -0.05) is 6.42 Å². The summed E-state index contributed by atoms with van der Waals surface area (Å²) in [7, 11) is 1.62. The number of nitrogens with one attached hydrogen (secondary N) is 1. The van der Waals surface area contributed by atoms with E-state index in [1.165, 1.54) is 0 Å². The molecule has 1 aliphatic heterocycles. The number of hydrogen-bond donors (Lipinski definition) is 1. The summed E-state index contributed by atoms with van der Waals surface area (Å²) in [6.45, 7) is 0.935. The number of piperidine rings is 1. The van der Waals surface area contributed by atoms with Gasteiger partial charge in [0.1, 0.15) is 5.75 Å². The molecule has 1 aromatic rings. The molecular weight excluding hydrogens is 282 g/mol. The van der Waals surface area contributed by atoms with E-state index < -0.39 is 0 Å². The standard InChI is InChI=1S/C13H16BrNO2/c1-17-9-5-6-10(11(14)8-9)13(16)12-4-2-3-7-15-12/h5-6,8,12,15H,2-4,7H2,1H3. The van der Waals surface area contributed by atoms with Crippen molar-refractivity contribution in [2.45, 2.75) is 25.3 Å². The second-order valence-corrected chi connectivity index (χ2v) is 5.07. The van der Waals surface area contributed by atoms with Crippen molar-refractivity contribution in [2.24, 2.45) is 0 Å². The zero-order valence-electron chi connectivity index (χ0n) is 9.83. The van der Waals surface area contributed by atoms with Gasteiger partial charge >= 0.3 is 0 Å². The Balaban J connectivity index is 2.18. The maximum atomic E-state index is 12.3. The fourth-order valence-corrected chi connectivity index (χ4v) is 2.64. The van der Waals surface area contributed by atoms with Gasteiger partial charge in [0.05, 0.1) is 13.2 Å². The Morgan fingerprint density at radius 2 is 2.29 bits per heavy atom. The highest BCUT2D eigenvalue weighted by Crippen LogP contribution is 2.25. The zero-order valence-corrected chi connectivity index (χ0v) is 11.4. The first-order valence-electron chi connectivity index (χ1n) is 5.83. The second kappa shape index (κ2) is 5.65. The normalized spacial score (nSPS) is 20.0. The van der Waals surface area contributed by atoms with Gasteiger partial charge in [0.2, 0.25) is 0 Å². The molecule has 1 aromatic carbocycles. The van der Waals surface area contributed by atoms with Crippen LogP contribution >= 0.6 is 15.9 Å². The van der Waals surface area contributed by atoms with Crippen LogP contribution < -0.4 is 10.1 Å². The molecule has 1 fully saturated rings. The minimum absolute atomic E-state index is 0.0338. The average Bonchev–Trinajstić information content (AvgIpc) is 2.39. The Morgan fingerprint density at radius 3 is 2.88 bits per heavy atom. The third-order valence-corrected chi connectivity index (χ3v) is 3.72. The lowest BCUT2D eigenvalue weighted by molar-refractivity contribution is 0.0926. The number of methoxy groups -OCH3 is 1. The third-order valence-electron chi connectivity index (χ3n) is 3.07. The predicted octanol–water partition coefficient (Wildman–Crippen LogP) is 2.78. The van der Waals surface area contributed by atoms with Crippen LogP contribution in [0.1, 0.15) is 29.6 Å². The number of halogens is 1. The Kier molecular flexibility index (Phi) is 4.18. The van der Waals surface area contributed by atoms with Crippen molar-refractivity contribution in [2.75, 3.05) is 13.7 Å². The molecule has 0 amide bonds. The van der Waals surface area contributed by atoms with E-state index in [4.69, 9.17) is 4.74 Å². The Labute approximate surface area is 110 Å². The number of carbonyl (C=O) groups is 1. The summed E-state index contributed by atoms with van der Waals surface area (Å²) in [4.78, 5) is 12.3. The topological polar surface area (TPSA) is 38.3 Å². The fraction of sp³-hybridized carbons (Fsp3) is 0.462. The molecule has 0 aliphatic carbocycles. The maximum absolute atomic E-state index is 12.3. The van der Waals surface area contributed by atoms with Crippen LogP contribution in [0.5, 0.6) is 5.75 Å². The summed E-state index contributed by atoms with van der Waals surface area (Å²) in [6.07, 6.45) is 3.21. The van der Waals surface area contributed by atoms with Crippen LogP contribution in [0.25, 0.3) is 0 Å². The molecule has 92 valence electrons. The van der Waals surface area contributed by atoms with E-state index in [-0.39, 0.29) is 11.8 Å². The summed E-state index contributed by atoms with van der Waals surface area (Å²) < 4.78 is 5.92. The van der Waals surface area contributed by atoms with Crippen molar-refractivity contribution in [3.63, 3.8) is 0 Å². The van der Waals surface area contributed by atoms with Crippen LogP contribution in [0.2, 0.25) is 0 Å². The minimum atomic E-state index is -0.0338. The molecule has 3 nitrogen and oxygen atoms in total. The van der Waals surface area contributed by atoms with E-state index in [1.807, 2.05) is 18.2 Å². The molecule has 0 saturated carbocycles. The molecule has 0 aromatic heterocycles. The van der Waals surface area contributed by atoms with Crippen LogP contribution in [0, 0.1) is 0 Å². The van der Waals surface area contributed by atoms with Gasteiger partial charge < -0.3 is 10.1 Å². The lowest BCUT2D eigenvalue weighted by Crippen LogP contribution is -2.40. The Hall–Kier alpha value is -0.870. The number of hydrogen-bond acceptors (Lipinski definition) is 3. The quantitative estimate of drug-likeness (QED) is 0.872. The van der Waals surface area contributed by atoms with E-state index in [1.54, 1.807) is 7.11 Å². The summed E-state index contributed by atoms with van der Waals surface area (Å²) in [6, 6.07) is 5.44. The van der Waals surface area contributed by atoms with Gasteiger partial charge in [-0.2, -0.15) is 0 Å². The molecule has 1 N–H and O–H groups in total. The first-order chi connectivity index (χ1) is 8.22. The van der Waals surface area contributed by atoms with Crippen molar-refractivity contribution in [1.82, 2.24) is 5.32 Å². The largest absolute Gasteiger partial charge is 0.497 e. The number of ketones is 1. The van der Waals surface area contributed by atoms with E-state index in [0.717, 1.165) is 41.6 Å². The second-order valence-electron chi connectivity index (χ2n) is 4.21. The van der Waals surface area contributed by atoms with Gasteiger partial charge in [-0.05, 0) is 53.5 Å². The SMILES string of the molecule is COc1ccc(C(=O)C2CCCCN2)c(Br)c1. The molecule has 0 bridgehead atoms. The minimum Gasteiger partial charge on any atom is -0.497 e. The lowest BCUT2D eigenvalue weighted by Gasteiger charge is -2.22. The number of ether oxygens (including phenoxy) is 1. The first-order valence-corrected chi connectivity index (χ1v) is 6.63. The first kappa shape index (κ1) is 12.6. The summed E-state index contributed by atoms with van der Waals surface area (Å²) in [5.74, 6) is 0.921. The van der Waals surface area contributed by atoms with Crippen molar-refractivity contribution in [1.29, 1.82) is 0 Å². The van der Waals surface area contributed by atoms with Crippen molar-refractivity contribution in [3.8, 4) is 5.75 Å². The van der Waals surface area contributed by atoms with Crippen LogP contribution in [0.4, 0.5) is 0 Å².